The fourth-order valence-electron chi connectivity index (χ4n) is 1.63. The van der Waals surface area contributed by atoms with E-state index in [1.807, 2.05) is 26.0 Å². The molecule has 1 heterocycles. The van der Waals surface area contributed by atoms with Crippen LogP contribution in [0.25, 0.3) is 10.2 Å². The van der Waals surface area contributed by atoms with Gasteiger partial charge in [-0.25, -0.2) is 4.98 Å². The van der Waals surface area contributed by atoms with Crippen LogP contribution >= 0.6 is 11.3 Å². The molecular weight excluding hydrogens is 266 g/mol. The van der Waals surface area contributed by atoms with E-state index in [0.29, 0.717) is 12.2 Å². The Hall–Kier alpha value is -1.14. The Labute approximate surface area is 113 Å². The van der Waals surface area contributed by atoms with Crippen LogP contribution in [-0.2, 0) is 10.8 Å². The number of anilines is 2. The Morgan fingerprint density at radius 3 is 2.94 bits per heavy atom. The van der Waals surface area contributed by atoms with Crippen molar-refractivity contribution in [3.05, 3.63) is 17.1 Å². The molecule has 98 valence electrons. The summed E-state index contributed by atoms with van der Waals surface area (Å²) in [5.74, 6) is 0. The van der Waals surface area contributed by atoms with Gasteiger partial charge >= 0.3 is 0 Å². The lowest BCUT2D eigenvalue weighted by Crippen LogP contribution is -2.21. The van der Waals surface area contributed by atoms with Gasteiger partial charge in [-0.05, 0) is 26.0 Å². The number of thiazole rings is 1. The van der Waals surface area contributed by atoms with Crippen molar-refractivity contribution in [3.63, 3.8) is 0 Å². The second-order valence-corrected chi connectivity index (χ2v) is 7.37. The van der Waals surface area contributed by atoms with Gasteiger partial charge in [0.2, 0.25) is 0 Å². The summed E-state index contributed by atoms with van der Waals surface area (Å²) in [6, 6.07) is 3.90. The standard InChI is InChI=1S/C12H17N3OS2/c1-7(18(3)16)6-14-10-5-11-12(4-9(10)13)17-8(2)15-11/h4-5,7,14H,6,13H2,1-3H3. The van der Waals surface area contributed by atoms with E-state index in [0.717, 1.165) is 20.9 Å². The molecule has 4 nitrogen and oxygen atoms in total. The summed E-state index contributed by atoms with van der Waals surface area (Å²) < 4.78 is 12.4. The van der Waals surface area contributed by atoms with Crippen molar-refractivity contribution in [2.75, 3.05) is 23.9 Å². The minimum atomic E-state index is -0.830. The first-order valence-electron chi connectivity index (χ1n) is 5.70. The minimum Gasteiger partial charge on any atom is -0.397 e. The smallest absolute Gasteiger partial charge is 0.0907 e. The number of nitrogens with one attached hydrogen (secondary N) is 1. The van der Waals surface area contributed by atoms with E-state index in [4.69, 9.17) is 5.73 Å². The highest BCUT2D eigenvalue weighted by atomic mass is 32.2. The van der Waals surface area contributed by atoms with Crippen LogP contribution in [0.15, 0.2) is 12.1 Å². The van der Waals surface area contributed by atoms with Crippen LogP contribution in [0.4, 0.5) is 11.4 Å². The van der Waals surface area contributed by atoms with Crippen LogP contribution in [-0.4, -0.2) is 27.2 Å². The van der Waals surface area contributed by atoms with Gasteiger partial charge in [-0.15, -0.1) is 11.3 Å². The molecule has 1 aromatic heterocycles. The highest BCUT2D eigenvalue weighted by Gasteiger charge is 2.09. The molecular formula is C12H17N3OS2. The third-order valence-corrected chi connectivity index (χ3v) is 5.05. The molecule has 0 fully saturated rings. The number of hydrogen-bond donors (Lipinski definition) is 2. The van der Waals surface area contributed by atoms with Crippen molar-refractivity contribution in [3.8, 4) is 0 Å². The zero-order chi connectivity index (χ0) is 13.3. The maximum atomic E-state index is 11.3. The molecule has 0 aliphatic carbocycles. The average molecular weight is 283 g/mol. The summed E-state index contributed by atoms with van der Waals surface area (Å²) >= 11 is 1.64. The molecule has 18 heavy (non-hydrogen) atoms. The highest BCUT2D eigenvalue weighted by Crippen LogP contribution is 2.29. The summed E-state index contributed by atoms with van der Waals surface area (Å²) in [5, 5.41) is 4.37. The number of aryl methyl sites for hydroxylation is 1. The first-order valence-corrected chi connectivity index (χ1v) is 8.14. The molecule has 0 saturated heterocycles. The third-order valence-electron chi connectivity index (χ3n) is 2.81. The van der Waals surface area contributed by atoms with Crippen LogP contribution in [0.2, 0.25) is 0 Å². The number of benzene rings is 1. The highest BCUT2D eigenvalue weighted by molar-refractivity contribution is 7.84. The maximum Gasteiger partial charge on any atom is 0.0907 e. The fraction of sp³-hybridized carbons (Fsp3) is 0.417. The quantitative estimate of drug-likeness (QED) is 0.845. The van der Waals surface area contributed by atoms with Gasteiger partial charge in [-0.3, -0.25) is 4.21 Å². The molecule has 2 aromatic rings. The molecule has 0 amide bonds. The monoisotopic (exact) mass is 283 g/mol. The van der Waals surface area contributed by atoms with E-state index in [1.54, 1.807) is 17.6 Å². The Morgan fingerprint density at radius 2 is 2.28 bits per heavy atom. The minimum absolute atomic E-state index is 0.0947. The largest absolute Gasteiger partial charge is 0.397 e. The fourth-order valence-corrected chi connectivity index (χ4v) is 2.80. The Balaban J connectivity index is 2.22. The number of nitrogens with zero attached hydrogens (tertiary/aromatic N) is 1. The first-order chi connectivity index (χ1) is 8.47. The normalized spacial score (nSPS) is 14.6. The number of hydrogen-bond acceptors (Lipinski definition) is 5. The second kappa shape index (κ2) is 5.24. The molecule has 0 saturated carbocycles. The van der Waals surface area contributed by atoms with Crippen LogP contribution in [0.1, 0.15) is 11.9 Å². The van der Waals surface area contributed by atoms with Crippen LogP contribution in [0.5, 0.6) is 0 Å². The van der Waals surface area contributed by atoms with Crippen LogP contribution in [0.3, 0.4) is 0 Å². The molecule has 1 aromatic carbocycles. The number of nitrogens with two attached hydrogens (primary N) is 1. The van der Waals surface area contributed by atoms with Crippen molar-refractivity contribution >= 4 is 43.7 Å². The molecule has 0 bridgehead atoms. The topological polar surface area (TPSA) is 68.0 Å². The average Bonchev–Trinajstić information content (AvgIpc) is 2.64. The van der Waals surface area contributed by atoms with Crippen LogP contribution < -0.4 is 11.1 Å². The van der Waals surface area contributed by atoms with Crippen LogP contribution in [0, 0.1) is 6.92 Å². The summed E-state index contributed by atoms with van der Waals surface area (Å²) in [6.07, 6.45) is 1.71. The molecule has 3 N–H and O–H groups in total. The third kappa shape index (κ3) is 2.81. The van der Waals surface area contributed by atoms with Gasteiger partial charge in [0, 0.05) is 28.9 Å². The molecule has 0 radical (unpaired) electrons. The number of aromatic nitrogens is 1. The maximum absolute atomic E-state index is 11.3. The summed E-state index contributed by atoms with van der Waals surface area (Å²) in [4.78, 5) is 4.44. The predicted molar refractivity (Wildman–Crippen MR) is 80.8 cm³/mol. The van der Waals surface area contributed by atoms with E-state index in [2.05, 4.69) is 10.3 Å². The van der Waals surface area contributed by atoms with Gasteiger partial charge in [-0.1, -0.05) is 0 Å². The molecule has 0 aliphatic rings. The van der Waals surface area contributed by atoms with E-state index in [9.17, 15) is 4.21 Å². The van der Waals surface area contributed by atoms with Gasteiger partial charge in [0.15, 0.2) is 0 Å². The molecule has 2 rings (SSSR count). The zero-order valence-electron chi connectivity index (χ0n) is 10.7. The zero-order valence-corrected chi connectivity index (χ0v) is 12.3. The van der Waals surface area contributed by atoms with Gasteiger partial charge in [-0.2, -0.15) is 0 Å². The van der Waals surface area contributed by atoms with Crippen molar-refractivity contribution in [2.24, 2.45) is 0 Å². The number of fused-ring (bicyclic) bond motifs is 1. The van der Waals surface area contributed by atoms with E-state index < -0.39 is 10.8 Å². The molecule has 0 spiro atoms. The molecule has 0 aliphatic heterocycles. The van der Waals surface area contributed by atoms with Crippen molar-refractivity contribution in [1.82, 2.24) is 4.98 Å². The SMILES string of the molecule is Cc1nc2cc(NCC(C)S(C)=O)c(N)cc2s1. The Bertz CT molecular complexity index is 594. The lowest BCUT2D eigenvalue weighted by Gasteiger charge is -2.12. The van der Waals surface area contributed by atoms with Gasteiger partial charge < -0.3 is 11.1 Å². The van der Waals surface area contributed by atoms with E-state index in [-0.39, 0.29) is 5.25 Å². The van der Waals surface area contributed by atoms with Gasteiger partial charge in [0.25, 0.3) is 0 Å². The van der Waals surface area contributed by atoms with E-state index in [1.165, 1.54) is 0 Å². The van der Waals surface area contributed by atoms with E-state index >= 15 is 0 Å². The summed E-state index contributed by atoms with van der Waals surface area (Å²) in [6.45, 7) is 4.57. The lowest BCUT2D eigenvalue weighted by molar-refractivity contribution is 0.679. The first kappa shape index (κ1) is 13.3. The van der Waals surface area contributed by atoms with Crippen molar-refractivity contribution in [2.45, 2.75) is 19.1 Å². The van der Waals surface area contributed by atoms with Crippen molar-refractivity contribution in [1.29, 1.82) is 0 Å². The summed E-state index contributed by atoms with van der Waals surface area (Å²) in [7, 11) is -0.830. The number of rotatable bonds is 4. The molecule has 2 atom stereocenters. The molecule has 6 heteroatoms. The Morgan fingerprint density at radius 1 is 1.56 bits per heavy atom. The van der Waals surface area contributed by atoms with Crippen molar-refractivity contribution < 1.29 is 4.21 Å². The Kier molecular flexibility index (Phi) is 3.87. The van der Waals surface area contributed by atoms with Gasteiger partial charge in [0.05, 0.1) is 26.6 Å². The van der Waals surface area contributed by atoms with Gasteiger partial charge in [0.1, 0.15) is 0 Å². The number of nitrogen functional groups attached to an aromatic ring is 1. The lowest BCUT2D eigenvalue weighted by atomic mass is 10.2. The predicted octanol–water partition coefficient (Wildman–Crippen LogP) is 2.37. The molecule has 2 unspecified atom stereocenters. The summed E-state index contributed by atoms with van der Waals surface area (Å²) in [5.41, 5.74) is 8.53. The second-order valence-electron chi connectivity index (χ2n) is 4.33.